The highest BCUT2D eigenvalue weighted by atomic mass is 16.5. The summed E-state index contributed by atoms with van der Waals surface area (Å²) in [5.41, 5.74) is 9.84. The van der Waals surface area contributed by atoms with Gasteiger partial charge in [0.1, 0.15) is 11.5 Å². The smallest absolute Gasteiger partial charge is 0.135 e. The molecule has 218 valence electrons. The molecule has 0 spiro atoms. The highest BCUT2D eigenvalue weighted by Gasteiger charge is 2.24. The highest BCUT2D eigenvalue weighted by Crippen LogP contribution is 2.51. The average molecular weight is 597 g/mol. The second-order valence-corrected chi connectivity index (χ2v) is 12.4. The zero-order chi connectivity index (χ0) is 30.9. The molecule has 0 bridgehead atoms. The van der Waals surface area contributed by atoms with Crippen molar-refractivity contribution in [2.75, 3.05) is 0 Å². The van der Waals surface area contributed by atoms with E-state index in [2.05, 4.69) is 164 Å². The van der Waals surface area contributed by atoms with Crippen molar-refractivity contribution in [1.29, 1.82) is 0 Å². The molecule has 0 aromatic heterocycles. The molecule has 1 heteroatoms. The second kappa shape index (κ2) is 10.2. The standard InChI is InChI=1S/C46H28O/c1-2-13-29(14-3-1)30-20-10-22-32-31(30)21-11-23-34(32)44-35-16-4-6-18-37(35)45(38-19-7-5-17-36(38)44)41-28-27-40-33-15-8-9-25-42(33)47-43-26-12-24-39(41)46(40)43/h1-28H. The van der Waals surface area contributed by atoms with E-state index < -0.39 is 0 Å². The number of hydrogen-bond donors (Lipinski definition) is 0. The van der Waals surface area contributed by atoms with Gasteiger partial charge in [-0.15, -0.1) is 0 Å². The van der Waals surface area contributed by atoms with E-state index in [1.54, 1.807) is 0 Å². The van der Waals surface area contributed by atoms with E-state index in [4.69, 9.17) is 4.74 Å². The van der Waals surface area contributed by atoms with Crippen molar-refractivity contribution in [3.8, 4) is 56.0 Å². The van der Waals surface area contributed by atoms with Gasteiger partial charge in [0.2, 0.25) is 0 Å². The predicted octanol–water partition coefficient (Wildman–Crippen LogP) is 13.1. The summed E-state index contributed by atoms with van der Waals surface area (Å²) in [5, 5.41) is 9.89. The molecule has 0 amide bonds. The molecule has 1 nitrogen and oxygen atoms in total. The fourth-order valence-corrected chi connectivity index (χ4v) is 7.90. The molecule has 9 aromatic carbocycles. The number of ether oxygens (including phenoxy) is 1. The van der Waals surface area contributed by atoms with Crippen LogP contribution >= 0.6 is 0 Å². The van der Waals surface area contributed by atoms with Crippen LogP contribution < -0.4 is 4.74 Å². The third kappa shape index (κ3) is 3.84. The quantitative estimate of drug-likeness (QED) is 0.184. The molecule has 0 saturated carbocycles. The maximum Gasteiger partial charge on any atom is 0.135 e. The molecular weight excluding hydrogens is 569 g/mol. The molecule has 9 aromatic rings. The van der Waals surface area contributed by atoms with Crippen LogP contribution in [-0.4, -0.2) is 0 Å². The molecule has 0 fully saturated rings. The lowest BCUT2D eigenvalue weighted by Gasteiger charge is -2.24. The first-order valence-corrected chi connectivity index (χ1v) is 16.2. The van der Waals surface area contributed by atoms with Crippen LogP contribution in [0.2, 0.25) is 0 Å². The van der Waals surface area contributed by atoms with Crippen LogP contribution in [0.25, 0.3) is 87.6 Å². The summed E-state index contributed by atoms with van der Waals surface area (Å²) in [6, 6.07) is 61.5. The number of rotatable bonds is 3. The number of benzene rings is 9. The molecule has 0 N–H and O–H groups in total. The van der Waals surface area contributed by atoms with Gasteiger partial charge < -0.3 is 4.74 Å². The fourth-order valence-electron chi connectivity index (χ4n) is 7.90. The van der Waals surface area contributed by atoms with E-state index in [1.165, 1.54) is 82.0 Å². The maximum absolute atomic E-state index is 6.47. The minimum atomic E-state index is 0.908. The van der Waals surface area contributed by atoms with Gasteiger partial charge in [-0.3, -0.25) is 0 Å². The number of para-hydroxylation sites is 1. The average Bonchev–Trinajstić information content (AvgIpc) is 3.14. The predicted molar refractivity (Wildman–Crippen MR) is 198 cm³/mol. The van der Waals surface area contributed by atoms with Gasteiger partial charge >= 0.3 is 0 Å². The Morgan fingerprint density at radius 3 is 1.40 bits per heavy atom. The molecule has 1 heterocycles. The van der Waals surface area contributed by atoms with E-state index >= 15 is 0 Å². The van der Waals surface area contributed by atoms with Gasteiger partial charge in [0, 0.05) is 10.9 Å². The Bertz CT molecular complexity index is 2640. The van der Waals surface area contributed by atoms with E-state index in [0.717, 1.165) is 17.1 Å². The summed E-state index contributed by atoms with van der Waals surface area (Å²) < 4.78 is 6.47. The Labute approximate surface area is 272 Å². The van der Waals surface area contributed by atoms with Crippen molar-refractivity contribution in [2.45, 2.75) is 0 Å². The van der Waals surface area contributed by atoms with Crippen LogP contribution in [-0.2, 0) is 0 Å². The van der Waals surface area contributed by atoms with Crippen molar-refractivity contribution >= 4 is 43.1 Å². The van der Waals surface area contributed by atoms with Crippen LogP contribution in [0.3, 0.4) is 0 Å². The molecule has 0 saturated heterocycles. The van der Waals surface area contributed by atoms with Crippen LogP contribution in [0.15, 0.2) is 170 Å². The van der Waals surface area contributed by atoms with E-state index in [-0.39, 0.29) is 0 Å². The first kappa shape index (κ1) is 26.1. The summed E-state index contributed by atoms with van der Waals surface area (Å²) >= 11 is 0. The minimum absolute atomic E-state index is 0.908. The van der Waals surface area contributed by atoms with Gasteiger partial charge in [-0.1, -0.05) is 158 Å². The first-order valence-electron chi connectivity index (χ1n) is 16.2. The monoisotopic (exact) mass is 596 g/mol. The minimum Gasteiger partial charge on any atom is -0.456 e. The summed E-state index contributed by atoms with van der Waals surface area (Å²) in [4.78, 5) is 0. The van der Waals surface area contributed by atoms with E-state index in [1.807, 2.05) is 6.07 Å². The molecule has 47 heavy (non-hydrogen) atoms. The summed E-state index contributed by atoms with van der Waals surface area (Å²) in [7, 11) is 0. The van der Waals surface area contributed by atoms with E-state index in [0.29, 0.717) is 0 Å². The summed E-state index contributed by atoms with van der Waals surface area (Å²) in [6.45, 7) is 0. The normalized spacial score (nSPS) is 12.0. The Morgan fingerprint density at radius 1 is 0.255 bits per heavy atom. The molecule has 1 aliphatic heterocycles. The lowest BCUT2D eigenvalue weighted by molar-refractivity contribution is 0.487. The van der Waals surface area contributed by atoms with Gasteiger partial charge in [-0.2, -0.15) is 0 Å². The molecule has 0 aliphatic carbocycles. The van der Waals surface area contributed by atoms with E-state index in [9.17, 15) is 0 Å². The molecule has 0 radical (unpaired) electrons. The van der Waals surface area contributed by atoms with Gasteiger partial charge in [0.25, 0.3) is 0 Å². The van der Waals surface area contributed by atoms with Crippen LogP contribution in [0, 0.1) is 0 Å². The van der Waals surface area contributed by atoms with Crippen LogP contribution in [0.4, 0.5) is 0 Å². The van der Waals surface area contributed by atoms with Crippen molar-refractivity contribution in [3.63, 3.8) is 0 Å². The molecular formula is C46H28O. The largest absolute Gasteiger partial charge is 0.456 e. The Hall–Kier alpha value is -6.18. The lowest BCUT2D eigenvalue weighted by atomic mass is 9.82. The van der Waals surface area contributed by atoms with Crippen LogP contribution in [0.1, 0.15) is 0 Å². The fraction of sp³-hybridized carbons (Fsp3) is 0. The highest BCUT2D eigenvalue weighted by molar-refractivity contribution is 6.26. The van der Waals surface area contributed by atoms with Gasteiger partial charge in [-0.25, -0.2) is 0 Å². The van der Waals surface area contributed by atoms with Crippen LogP contribution in [0.5, 0.6) is 11.5 Å². The molecule has 10 rings (SSSR count). The van der Waals surface area contributed by atoms with Crippen molar-refractivity contribution in [1.82, 2.24) is 0 Å². The SMILES string of the molecule is c1ccc(-c2cccc3c(-c4c5ccccc5c(-c5ccc6c7c(cccc57)Oc5ccccc5-6)c5ccccc45)cccc23)cc1. The molecule has 0 unspecified atom stereocenters. The summed E-state index contributed by atoms with van der Waals surface area (Å²) in [5.74, 6) is 1.82. The van der Waals surface area contributed by atoms with Gasteiger partial charge in [-0.05, 0) is 88.8 Å². The maximum atomic E-state index is 6.47. The number of fused-ring (bicyclic) bond motifs is 5. The Balaban J connectivity index is 1.30. The van der Waals surface area contributed by atoms with Gasteiger partial charge in [0.05, 0.1) is 0 Å². The second-order valence-electron chi connectivity index (χ2n) is 12.4. The van der Waals surface area contributed by atoms with Gasteiger partial charge in [0.15, 0.2) is 0 Å². The molecule has 0 atom stereocenters. The topological polar surface area (TPSA) is 9.23 Å². The van der Waals surface area contributed by atoms with Crippen molar-refractivity contribution < 1.29 is 4.74 Å². The zero-order valence-electron chi connectivity index (χ0n) is 25.6. The van der Waals surface area contributed by atoms with Crippen molar-refractivity contribution in [2.24, 2.45) is 0 Å². The number of hydrogen-bond acceptors (Lipinski definition) is 1. The molecule has 1 aliphatic rings. The van der Waals surface area contributed by atoms with Crippen molar-refractivity contribution in [3.05, 3.63) is 170 Å². The Morgan fingerprint density at radius 2 is 0.702 bits per heavy atom. The first-order chi connectivity index (χ1) is 23.3. The summed E-state index contributed by atoms with van der Waals surface area (Å²) in [6.07, 6.45) is 0. The lowest BCUT2D eigenvalue weighted by Crippen LogP contribution is -1.98. The zero-order valence-corrected chi connectivity index (χ0v) is 25.6. The Kier molecular flexibility index (Phi) is 5.64. The third-order valence-corrected chi connectivity index (χ3v) is 9.88. The third-order valence-electron chi connectivity index (χ3n) is 9.88.